The van der Waals surface area contributed by atoms with E-state index in [9.17, 15) is 48.3 Å². The summed E-state index contributed by atoms with van der Waals surface area (Å²) in [5.74, 6) is -0.300. The molecule has 1 aliphatic heterocycles. The summed E-state index contributed by atoms with van der Waals surface area (Å²) in [6.07, 6.45) is 8.45. The van der Waals surface area contributed by atoms with Crippen molar-refractivity contribution in [2.75, 3.05) is 191 Å². The lowest BCUT2D eigenvalue weighted by atomic mass is 9.44. The zero-order valence-electron chi connectivity index (χ0n) is 79.4. The Morgan fingerprint density at radius 3 is 1.86 bits per heavy atom. The van der Waals surface area contributed by atoms with Gasteiger partial charge in [-0.05, 0) is 157 Å². The van der Waals surface area contributed by atoms with Gasteiger partial charge in [0.05, 0.1) is 164 Å². The number of unbranched alkanes of at least 4 members (excludes halogenated alkanes) is 1. The van der Waals surface area contributed by atoms with Gasteiger partial charge in [0, 0.05) is 73.6 Å². The number of rotatable bonds is 63. The average molecular weight is 1880 g/mol. The molecule has 0 spiro atoms. The van der Waals surface area contributed by atoms with E-state index >= 15 is 13.6 Å². The third-order valence-electron chi connectivity index (χ3n) is 25.5. The van der Waals surface area contributed by atoms with E-state index in [0.717, 1.165) is 74.2 Å². The maximum atomic E-state index is 18.2. The summed E-state index contributed by atoms with van der Waals surface area (Å²) in [4.78, 5) is 134. The monoisotopic (exact) mass is 1880 g/mol. The maximum Gasteiger partial charge on any atom is 0.312 e. The Balaban J connectivity index is 0.804. The number of hydrogen-bond acceptors (Lipinski definition) is 26. The lowest BCUT2D eigenvalue weighted by molar-refractivity contribution is -0.869. The molecule has 4 fully saturated rings. The van der Waals surface area contributed by atoms with Crippen LogP contribution in [0.2, 0.25) is 0 Å². The van der Waals surface area contributed by atoms with Crippen molar-refractivity contribution in [2.24, 2.45) is 40.1 Å². The number of Topliss-reactive ketones (excluding diaryl/α,β-unsaturated/α-hetero) is 1. The number of likely N-dealkylation sites (N-methyl/N-ethyl adjacent to an activating group) is 1. The van der Waals surface area contributed by atoms with E-state index in [1.807, 2.05) is 6.92 Å². The van der Waals surface area contributed by atoms with Crippen LogP contribution >= 0.6 is 0 Å². The second-order valence-electron chi connectivity index (χ2n) is 36.8. The topological polar surface area (TPSA) is 471 Å². The molecule has 6 aliphatic carbocycles. The highest BCUT2D eigenvalue weighted by Crippen LogP contribution is 2.72. The van der Waals surface area contributed by atoms with Gasteiger partial charge in [0.25, 0.3) is 0 Å². The Hall–Kier alpha value is -8.40. The number of nitrogens with one attached hydrogen (secondary N) is 9. The quantitative estimate of drug-likeness (QED) is 0.0233. The molecule has 0 bridgehead atoms. The Kier molecular flexibility index (Phi) is 47.1. The third kappa shape index (κ3) is 34.7. The average Bonchev–Trinajstić information content (AvgIpc) is 1.53. The molecule has 1 aromatic rings. The van der Waals surface area contributed by atoms with Crippen LogP contribution in [0.1, 0.15) is 176 Å². The number of quaternary nitrogens is 1. The zero-order chi connectivity index (χ0) is 96.2. The number of fused-ring (bicyclic) bond motifs is 7. The van der Waals surface area contributed by atoms with E-state index in [4.69, 9.17) is 73.0 Å². The minimum absolute atomic E-state index is 0.0199. The SMILES string of the molecule is CCCC1O[C@@H]2C[C@H]3[C@@H]4C[C@H](F)C5=CC(=O)C=C[C@]5(C)[C@@]4(F)[C@@H](O)C[C@]3(C)[C@]2(C(=O)COc2ccc(NC(=O)[C@H](CCCNC(N)=O)NC(=O)[C@@H](NC(=O)[C@@H](CCCCNC(=O)COC3CCCCCC(NCCOCCOCCOCCOCCC(=O)NCC[N+](C)(C)C)=C3N)NC(=O)CCOCCOCCOCCOCCNC(=O)COC3C#CCCCCC3)C(C)C)cc2)O1. The number of aliphatic hydroxyl groups is 1. The van der Waals surface area contributed by atoms with Gasteiger partial charge in [0.15, 0.2) is 23.3 Å². The smallest absolute Gasteiger partial charge is 0.312 e. The van der Waals surface area contributed by atoms with Crippen molar-refractivity contribution in [1.29, 1.82) is 0 Å². The number of nitrogens with zero attached hydrogens (tertiary/aromatic N) is 1. The normalized spacial score (nSPS) is 25.1. The molecule has 7 aliphatic rings. The second kappa shape index (κ2) is 57.0. The molecule has 15 atom stereocenters. The fourth-order valence-corrected chi connectivity index (χ4v) is 18.3. The molecule has 38 heteroatoms. The molecule has 133 heavy (non-hydrogen) atoms. The molecule has 1 aromatic carbocycles. The van der Waals surface area contributed by atoms with Gasteiger partial charge in [-0.1, -0.05) is 65.4 Å². The van der Waals surface area contributed by atoms with E-state index in [1.54, 1.807) is 20.8 Å². The predicted octanol–water partition coefficient (Wildman–Crippen LogP) is 4.94. The molecule has 1 heterocycles. The van der Waals surface area contributed by atoms with Crippen molar-refractivity contribution in [3.63, 3.8) is 0 Å². The van der Waals surface area contributed by atoms with Crippen molar-refractivity contribution >= 4 is 64.6 Å². The van der Waals surface area contributed by atoms with Gasteiger partial charge in [-0.15, -0.1) is 5.92 Å². The van der Waals surface area contributed by atoms with E-state index in [2.05, 4.69) is 80.8 Å². The summed E-state index contributed by atoms with van der Waals surface area (Å²) in [6, 6.07) is 1.49. The standard InChI is InChI=1S/C95H150F2N12O24/c1-9-21-85-132-80-60-70-71-59-73(96)72-58-67(110)32-35-92(72,4)94(71,97)78(111)61-93(70,5)95(80,133-85)79(112)62-129-69-30-28-66(29-31-69)105-88(117)76(26-20-37-104-91(99)120)107-90(119)87(65(2)3)108-89(118)75(106-82(114)34-43-122-47-51-126-55-57-128-53-49-124-45-40-103-83(115)63-130-68-22-14-11-10-12-15-23-68)25-18-19-36-101-84(116)64-131-77-27-17-13-16-24-74(86(77)98)100-39-44-123-48-52-127-56-54-125-50-46-121-42-33-81(113)102-38-41-109(6,7)8/h28-32,35,58,65,68,70-71,73,75-78,80,85,87,100,111H,9-14,16-22,24-27,33-34,36-57,59-64,98H2,1-8H3,(H9-,99,101,102,103,104,105,106,107,108,113,114,115,116,117,118,119,120)/p+1/t68?,70-,71-,73-,75+,76-,77?,78-,80+,85?,87-,92-,93-,94-,95+/m0/s1. The first kappa shape index (κ1) is 110. The first-order chi connectivity index (χ1) is 63.8. The van der Waals surface area contributed by atoms with Gasteiger partial charge in [-0.2, -0.15) is 0 Å². The molecule has 36 nitrogen and oxygen atoms in total. The molecular formula is C95H151F2N12O24+. The van der Waals surface area contributed by atoms with Crippen molar-refractivity contribution in [1.82, 2.24) is 42.5 Å². The second-order valence-corrected chi connectivity index (χ2v) is 36.8. The van der Waals surface area contributed by atoms with Gasteiger partial charge < -0.3 is 130 Å². The number of ether oxygens (including phenoxy) is 13. The lowest BCUT2D eigenvalue weighted by Crippen LogP contribution is -2.71. The van der Waals surface area contributed by atoms with Crippen LogP contribution in [-0.2, 0) is 100.0 Å². The number of benzene rings is 1. The molecule has 748 valence electrons. The van der Waals surface area contributed by atoms with Gasteiger partial charge in [0.2, 0.25) is 47.1 Å². The molecule has 9 amide bonds. The maximum absolute atomic E-state index is 18.2. The number of halogens is 2. The highest BCUT2D eigenvalue weighted by molar-refractivity contribution is 6.02. The molecular weight excluding hydrogens is 1730 g/mol. The van der Waals surface area contributed by atoms with Gasteiger partial charge >= 0.3 is 6.03 Å². The first-order valence-electron chi connectivity index (χ1n) is 47.8. The highest BCUT2D eigenvalue weighted by Gasteiger charge is 2.80. The number of primary amides is 1. The number of alkyl halides is 2. The summed E-state index contributed by atoms with van der Waals surface area (Å²) in [7, 11) is 6.21. The van der Waals surface area contributed by atoms with Gasteiger partial charge in [-0.3, -0.25) is 43.2 Å². The Labute approximate surface area is 782 Å². The van der Waals surface area contributed by atoms with Crippen molar-refractivity contribution in [3.05, 3.63) is 59.5 Å². The molecule has 3 saturated carbocycles. The summed E-state index contributed by atoms with van der Waals surface area (Å²) >= 11 is 0. The van der Waals surface area contributed by atoms with Crippen LogP contribution in [-0.4, -0.2) is 321 Å². The largest absolute Gasteiger partial charge is 0.486 e. The van der Waals surface area contributed by atoms with Gasteiger partial charge in [-0.25, -0.2) is 13.6 Å². The lowest BCUT2D eigenvalue weighted by Gasteiger charge is -2.63. The number of amides is 9. The van der Waals surface area contributed by atoms with Crippen LogP contribution < -0.4 is 64.1 Å². The Morgan fingerprint density at radius 1 is 0.632 bits per heavy atom. The number of ketones is 2. The number of allylic oxidation sites excluding steroid dienone is 5. The van der Waals surface area contributed by atoms with Crippen LogP contribution in [0.15, 0.2) is 59.5 Å². The number of carbonyl (C=O) groups excluding carboxylic acids is 10. The molecule has 8 rings (SSSR count). The summed E-state index contributed by atoms with van der Waals surface area (Å²) in [5, 5.41) is 37.8. The molecule has 0 aromatic heterocycles. The fraction of sp³-hybridized carbons (Fsp3) is 0.747. The summed E-state index contributed by atoms with van der Waals surface area (Å²) < 4.78 is 112. The highest BCUT2D eigenvalue weighted by atomic mass is 19.1. The number of anilines is 1. The zero-order valence-corrected chi connectivity index (χ0v) is 79.4. The van der Waals surface area contributed by atoms with Crippen LogP contribution in [0.3, 0.4) is 0 Å². The van der Waals surface area contributed by atoms with Gasteiger partial charge in [0.1, 0.15) is 56.0 Å². The van der Waals surface area contributed by atoms with Crippen LogP contribution in [0.25, 0.3) is 0 Å². The predicted molar refractivity (Wildman–Crippen MR) is 489 cm³/mol. The van der Waals surface area contributed by atoms with E-state index < -0.39 is 137 Å². The van der Waals surface area contributed by atoms with Crippen LogP contribution in [0.4, 0.5) is 19.3 Å². The number of aliphatic hydroxyl groups excluding tert-OH is 1. The van der Waals surface area contributed by atoms with E-state index in [0.29, 0.717) is 143 Å². The molecule has 1 saturated heterocycles. The number of urea groups is 1. The van der Waals surface area contributed by atoms with E-state index in [1.165, 1.54) is 43.3 Å². The first-order valence-corrected chi connectivity index (χ1v) is 47.8. The minimum Gasteiger partial charge on any atom is -0.486 e. The number of nitrogens with two attached hydrogens (primary N) is 2. The molecule has 3 unspecified atom stereocenters. The van der Waals surface area contributed by atoms with Crippen LogP contribution in [0, 0.1) is 40.4 Å². The number of carbonyl (C=O) groups is 10. The molecule has 14 N–H and O–H groups in total. The van der Waals surface area contributed by atoms with Crippen molar-refractivity contribution < 1.29 is 128 Å². The van der Waals surface area contributed by atoms with E-state index in [-0.39, 0.29) is 145 Å². The minimum atomic E-state index is -2.40. The molecule has 0 radical (unpaired) electrons. The Bertz CT molecular complexity index is 4020. The van der Waals surface area contributed by atoms with Crippen molar-refractivity contribution in [2.45, 2.75) is 242 Å². The summed E-state index contributed by atoms with van der Waals surface area (Å²) in [6.45, 7) is 15.0. The summed E-state index contributed by atoms with van der Waals surface area (Å²) in [5.41, 5.74) is 6.65. The Morgan fingerprint density at radius 2 is 1.22 bits per heavy atom. The third-order valence-corrected chi connectivity index (χ3v) is 25.5. The van der Waals surface area contributed by atoms with Crippen molar-refractivity contribution in [3.8, 4) is 17.6 Å². The number of hydrogen-bond donors (Lipinski definition) is 12. The van der Waals surface area contributed by atoms with Crippen LogP contribution in [0.5, 0.6) is 5.75 Å². The fourth-order valence-electron chi connectivity index (χ4n) is 18.3.